The first kappa shape index (κ1) is 19.7. The number of carboxylic acid groups (broad SMARTS) is 1. The fourth-order valence-electron chi connectivity index (χ4n) is 2.35. The lowest BCUT2D eigenvalue weighted by Crippen LogP contribution is -2.53. The molecule has 0 spiro atoms. The van der Waals surface area contributed by atoms with E-state index in [9.17, 15) is 14.4 Å². The number of nitrogens with two attached hydrogens (primary N) is 2. The number of amides is 2. The zero-order chi connectivity index (χ0) is 18.1. The van der Waals surface area contributed by atoms with E-state index in [0.29, 0.717) is 6.42 Å². The van der Waals surface area contributed by atoms with Crippen molar-refractivity contribution in [2.24, 2.45) is 16.5 Å². The second kappa shape index (κ2) is 9.71. The Labute approximate surface area is 140 Å². The Morgan fingerprint density at radius 1 is 1.33 bits per heavy atom. The molecule has 10 heteroatoms. The van der Waals surface area contributed by atoms with E-state index >= 15 is 0 Å². The summed E-state index contributed by atoms with van der Waals surface area (Å²) in [5.41, 5.74) is 10.4. The number of aliphatic imine (C=N–C) groups is 1. The molecule has 1 heterocycles. The lowest BCUT2D eigenvalue weighted by Gasteiger charge is -2.20. The maximum absolute atomic E-state index is 12.1. The first-order valence-electron chi connectivity index (χ1n) is 7.93. The lowest BCUT2D eigenvalue weighted by atomic mass is 10.1. The quantitative estimate of drug-likeness (QED) is 0.158. The molecule has 8 N–H and O–H groups in total. The van der Waals surface area contributed by atoms with E-state index in [1.54, 1.807) is 0 Å². The molecule has 0 unspecified atom stereocenters. The number of hydrogen-bond acceptors (Lipinski definition) is 5. The van der Waals surface area contributed by atoms with Crippen LogP contribution in [0.5, 0.6) is 0 Å². The summed E-state index contributed by atoms with van der Waals surface area (Å²) in [6.45, 7) is 2.57. The van der Waals surface area contributed by atoms with E-state index < -0.39 is 24.0 Å². The summed E-state index contributed by atoms with van der Waals surface area (Å²) >= 11 is 0. The molecule has 0 aromatic carbocycles. The number of carbonyl (C=O) groups excluding carboxylic acids is 2. The van der Waals surface area contributed by atoms with Gasteiger partial charge in [-0.15, -0.1) is 0 Å². The summed E-state index contributed by atoms with van der Waals surface area (Å²) < 4.78 is 0. The van der Waals surface area contributed by atoms with Crippen molar-refractivity contribution >= 4 is 23.7 Å². The lowest BCUT2D eigenvalue weighted by molar-refractivity contribution is -0.142. The van der Waals surface area contributed by atoms with Crippen molar-refractivity contribution < 1.29 is 19.5 Å². The number of hydrogen-bond donors (Lipinski definition) is 6. The molecule has 10 nitrogen and oxygen atoms in total. The summed E-state index contributed by atoms with van der Waals surface area (Å²) in [5.74, 6) is -2.02. The fourth-order valence-corrected chi connectivity index (χ4v) is 2.35. The number of nitrogens with zero attached hydrogens (tertiary/aromatic N) is 1. The summed E-state index contributed by atoms with van der Waals surface area (Å²) in [7, 11) is 0. The van der Waals surface area contributed by atoms with Gasteiger partial charge in [0.25, 0.3) is 0 Å². The number of carbonyl (C=O) groups is 3. The molecule has 0 aromatic rings. The van der Waals surface area contributed by atoms with Crippen LogP contribution in [0.15, 0.2) is 4.99 Å². The summed E-state index contributed by atoms with van der Waals surface area (Å²) in [4.78, 5) is 39.0. The van der Waals surface area contributed by atoms with Gasteiger partial charge in [0.05, 0.1) is 6.04 Å². The van der Waals surface area contributed by atoms with Crippen LogP contribution in [-0.2, 0) is 14.4 Å². The van der Waals surface area contributed by atoms with Gasteiger partial charge in [0.15, 0.2) is 5.96 Å². The highest BCUT2D eigenvalue weighted by atomic mass is 16.4. The molecule has 0 radical (unpaired) electrons. The van der Waals surface area contributed by atoms with Crippen LogP contribution in [0.1, 0.15) is 32.6 Å². The van der Waals surface area contributed by atoms with Gasteiger partial charge in [0, 0.05) is 6.54 Å². The minimum atomic E-state index is -1.15. The molecule has 1 fully saturated rings. The van der Waals surface area contributed by atoms with Gasteiger partial charge in [-0.2, -0.15) is 0 Å². The van der Waals surface area contributed by atoms with Crippen molar-refractivity contribution in [3.63, 3.8) is 0 Å². The van der Waals surface area contributed by atoms with Crippen LogP contribution in [0.3, 0.4) is 0 Å². The molecule has 0 saturated carbocycles. The van der Waals surface area contributed by atoms with E-state index in [1.165, 1.54) is 6.92 Å². The standard InChI is InChI=1S/C14H26N6O4/c1-8(19-12(22)9-4-2-6-17-9)11(21)20-10(13(23)24)5-3-7-18-14(15)16/h8-10,17H,2-7H2,1H3,(H,19,22)(H,20,21)(H,23,24)(H4,15,16,18)/t8-,9-,10-/m0/s1. The van der Waals surface area contributed by atoms with Crippen molar-refractivity contribution in [1.82, 2.24) is 16.0 Å². The van der Waals surface area contributed by atoms with E-state index in [-0.39, 0.29) is 30.9 Å². The predicted molar refractivity (Wildman–Crippen MR) is 88.1 cm³/mol. The van der Waals surface area contributed by atoms with E-state index in [1.807, 2.05) is 0 Å². The van der Waals surface area contributed by atoms with Crippen molar-refractivity contribution in [2.45, 2.75) is 50.7 Å². The third-order valence-corrected chi connectivity index (χ3v) is 3.69. The first-order valence-corrected chi connectivity index (χ1v) is 7.93. The third kappa shape index (κ3) is 6.82. The Morgan fingerprint density at radius 3 is 2.58 bits per heavy atom. The second-order valence-electron chi connectivity index (χ2n) is 5.73. The normalized spacial score (nSPS) is 19.1. The molecule has 0 bridgehead atoms. The smallest absolute Gasteiger partial charge is 0.326 e. The number of guanidine groups is 1. The van der Waals surface area contributed by atoms with Gasteiger partial charge in [0.1, 0.15) is 12.1 Å². The van der Waals surface area contributed by atoms with Gasteiger partial charge in [-0.25, -0.2) is 4.79 Å². The molecule has 0 aliphatic carbocycles. The van der Waals surface area contributed by atoms with Crippen molar-refractivity contribution in [3.05, 3.63) is 0 Å². The summed E-state index contributed by atoms with van der Waals surface area (Å²) in [5, 5.41) is 17.2. The number of rotatable bonds is 9. The maximum Gasteiger partial charge on any atom is 0.326 e. The van der Waals surface area contributed by atoms with Crippen LogP contribution in [-0.4, -0.2) is 60.1 Å². The van der Waals surface area contributed by atoms with Crippen molar-refractivity contribution in [2.75, 3.05) is 13.1 Å². The zero-order valence-corrected chi connectivity index (χ0v) is 13.7. The fraction of sp³-hybridized carbons (Fsp3) is 0.714. The van der Waals surface area contributed by atoms with E-state index in [0.717, 1.165) is 19.4 Å². The van der Waals surface area contributed by atoms with Gasteiger partial charge < -0.3 is 32.5 Å². The number of carboxylic acids is 1. The van der Waals surface area contributed by atoms with Crippen molar-refractivity contribution in [3.8, 4) is 0 Å². The van der Waals surface area contributed by atoms with Gasteiger partial charge in [-0.3, -0.25) is 14.6 Å². The minimum Gasteiger partial charge on any atom is -0.480 e. The van der Waals surface area contributed by atoms with Crippen molar-refractivity contribution in [1.29, 1.82) is 0 Å². The monoisotopic (exact) mass is 342 g/mol. The highest BCUT2D eigenvalue weighted by Crippen LogP contribution is 2.05. The SMILES string of the molecule is C[C@H](NC(=O)[C@@H]1CCCN1)C(=O)N[C@@H](CCCN=C(N)N)C(=O)O. The molecule has 24 heavy (non-hydrogen) atoms. The molecule has 1 rings (SSSR count). The van der Waals surface area contributed by atoms with Gasteiger partial charge in [-0.05, 0) is 39.2 Å². The molecule has 1 aliphatic rings. The number of nitrogens with one attached hydrogen (secondary N) is 3. The van der Waals surface area contributed by atoms with Crippen LogP contribution in [0.25, 0.3) is 0 Å². The van der Waals surface area contributed by atoms with Crippen LogP contribution < -0.4 is 27.4 Å². The average molecular weight is 342 g/mol. The minimum absolute atomic E-state index is 0.0669. The Hall–Kier alpha value is -2.36. The Kier molecular flexibility index (Phi) is 7.96. The first-order chi connectivity index (χ1) is 11.3. The average Bonchev–Trinajstić information content (AvgIpc) is 3.03. The number of aliphatic carboxylic acids is 1. The predicted octanol–water partition coefficient (Wildman–Crippen LogP) is -2.13. The highest BCUT2D eigenvalue weighted by molar-refractivity contribution is 5.91. The molecule has 1 saturated heterocycles. The van der Waals surface area contributed by atoms with E-state index in [4.69, 9.17) is 16.6 Å². The summed E-state index contributed by atoms with van der Waals surface area (Å²) in [6.07, 6.45) is 2.23. The Bertz CT molecular complexity index is 486. The van der Waals surface area contributed by atoms with Crippen LogP contribution in [0.4, 0.5) is 0 Å². The molecule has 1 aliphatic heterocycles. The van der Waals surface area contributed by atoms with Crippen LogP contribution in [0, 0.1) is 0 Å². The summed E-state index contributed by atoms with van der Waals surface area (Å²) in [6, 6.07) is -2.18. The molecule has 2 amide bonds. The molecular weight excluding hydrogens is 316 g/mol. The molecule has 0 aromatic heterocycles. The maximum atomic E-state index is 12.1. The third-order valence-electron chi connectivity index (χ3n) is 3.69. The molecule has 3 atom stereocenters. The van der Waals surface area contributed by atoms with E-state index in [2.05, 4.69) is 20.9 Å². The van der Waals surface area contributed by atoms with Crippen LogP contribution >= 0.6 is 0 Å². The van der Waals surface area contributed by atoms with Gasteiger partial charge in [0.2, 0.25) is 11.8 Å². The zero-order valence-electron chi connectivity index (χ0n) is 13.7. The largest absolute Gasteiger partial charge is 0.480 e. The Balaban J connectivity index is 2.43. The topological polar surface area (TPSA) is 172 Å². The van der Waals surface area contributed by atoms with Gasteiger partial charge in [-0.1, -0.05) is 0 Å². The highest BCUT2D eigenvalue weighted by Gasteiger charge is 2.27. The Morgan fingerprint density at radius 2 is 2.04 bits per heavy atom. The second-order valence-corrected chi connectivity index (χ2v) is 5.73. The molecular formula is C14H26N6O4. The van der Waals surface area contributed by atoms with Crippen LogP contribution in [0.2, 0.25) is 0 Å². The van der Waals surface area contributed by atoms with Gasteiger partial charge >= 0.3 is 5.97 Å². The molecule has 136 valence electrons.